The first kappa shape index (κ1) is 10.9. The van der Waals surface area contributed by atoms with Crippen LogP contribution in [0, 0.1) is 11.8 Å². The molecule has 0 heterocycles. The predicted molar refractivity (Wildman–Crippen MR) is 61.0 cm³/mol. The summed E-state index contributed by atoms with van der Waals surface area (Å²) in [5, 5.41) is 4.34. The Labute approximate surface area is 86.1 Å². The van der Waals surface area contributed by atoms with Gasteiger partial charge in [-0.2, -0.15) is 11.8 Å². The normalized spacial score (nSPS) is 27.8. The molecule has 0 spiro atoms. The lowest BCUT2D eigenvalue weighted by atomic mass is 9.95. The van der Waals surface area contributed by atoms with Gasteiger partial charge >= 0.3 is 0 Å². The summed E-state index contributed by atoms with van der Waals surface area (Å²) in [5.74, 6) is 5.99. The minimum absolute atomic E-state index is 0.699. The SMILES string of the molecule is CC#CCNC1CCCCC1SC. The maximum absolute atomic E-state index is 3.53. The number of nitrogens with one attached hydrogen (secondary N) is 1. The fraction of sp³-hybridized carbons (Fsp3) is 0.818. The summed E-state index contributed by atoms with van der Waals surface area (Å²) in [6.07, 6.45) is 7.71. The summed E-state index contributed by atoms with van der Waals surface area (Å²) in [7, 11) is 0. The highest BCUT2D eigenvalue weighted by Gasteiger charge is 2.22. The fourth-order valence-electron chi connectivity index (χ4n) is 1.88. The molecule has 0 aromatic carbocycles. The van der Waals surface area contributed by atoms with Gasteiger partial charge in [-0.3, -0.25) is 0 Å². The zero-order chi connectivity index (χ0) is 9.52. The van der Waals surface area contributed by atoms with Gasteiger partial charge in [-0.15, -0.1) is 5.92 Å². The molecular weight excluding hydrogens is 178 g/mol. The third kappa shape index (κ3) is 3.62. The van der Waals surface area contributed by atoms with Gasteiger partial charge in [-0.1, -0.05) is 18.8 Å². The van der Waals surface area contributed by atoms with Crippen molar-refractivity contribution in [2.45, 2.75) is 43.9 Å². The summed E-state index contributed by atoms with van der Waals surface area (Å²) in [4.78, 5) is 0. The first-order valence-electron chi connectivity index (χ1n) is 5.04. The van der Waals surface area contributed by atoms with Crippen molar-refractivity contribution in [3.8, 4) is 11.8 Å². The van der Waals surface area contributed by atoms with Crippen LogP contribution in [0.1, 0.15) is 32.6 Å². The molecule has 0 bridgehead atoms. The van der Waals surface area contributed by atoms with E-state index in [0.717, 1.165) is 11.8 Å². The number of hydrogen-bond donors (Lipinski definition) is 1. The van der Waals surface area contributed by atoms with Crippen LogP contribution in [0.3, 0.4) is 0 Å². The lowest BCUT2D eigenvalue weighted by molar-refractivity contribution is 0.398. The van der Waals surface area contributed by atoms with E-state index < -0.39 is 0 Å². The van der Waals surface area contributed by atoms with E-state index in [4.69, 9.17) is 0 Å². The second kappa shape index (κ2) is 6.34. The quantitative estimate of drug-likeness (QED) is 0.697. The molecule has 1 N–H and O–H groups in total. The molecule has 0 aromatic rings. The summed E-state index contributed by atoms with van der Waals surface area (Å²) in [6, 6.07) is 0.699. The number of thioether (sulfide) groups is 1. The molecule has 2 unspecified atom stereocenters. The van der Waals surface area contributed by atoms with Gasteiger partial charge in [-0.25, -0.2) is 0 Å². The van der Waals surface area contributed by atoms with Crippen molar-refractivity contribution < 1.29 is 0 Å². The van der Waals surface area contributed by atoms with Crippen LogP contribution < -0.4 is 5.32 Å². The lowest BCUT2D eigenvalue weighted by Gasteiger charge is -2.30. The van der Waals surface area contributed by atoms with Crippen LogP contribution in [0.4, 0.5) is 0 Å². The smallest absolute Gasteiger partial charge is 0.0578 e. The molecule has 0 saturated heterocycles. The van der Waals surface area contributed by atoms with Crippen LogP contribution in [0.2, 0.25) is 0 Å². The van der Waals surface area contributed by atoms with Crippen LogP contribution >= 0.6 is 11.8 Å². The Kier molecular flexibility index (Phi) is 5.34. The molecule has 1 nitrogen and oxygen atoms in total. The Morgan fingerprint density at radius 2 is 2.15 bits per heavy atom. The molecule has 0 aliphatic heterocycles. The molecular formula is C11H19NS. The molecule has 1 saturated carbocycles. The summed E-state index contributed by atoms with van der Waals surface area (Å²) >= 11 is 2.00. The van der Waals surface area contributed by atoms with E-state index in [1.165, 1.54) is 25.7 Å². The maximum Gasteiger partial charge on any atom is 0.0578 e. The van der Waals surface area contributed by atoms with E-state index in [1.807, 2.05) is 18.7 Å². The maximum atomic E-state index is 3.53. The highest BCUT2D eigenvalue weighted by atomic mass is 32.2. The summed E-state index contributed by atoms with van der Waals surface area (Å²) in [6.45, 7) is 2.76. The average Bonchev–Trinajstić information content (AvgIpc) is 2.19. The molecule has 1 aliphatic rings. The van der Waals surface area contributed by atoms with Crippen LogP contribution in [-0.4, -0.2) is 24.1 Å². The molecule has 0 amide bonds. The third-order valence-corrected chi connectivity index (χ3v) is 3.80. The first-order valence-corrected chi connectivity index (χ1v) is 6.33. The molecule has 1 fully saturated rings. The standard InChI is InChI=1S/C11H19NS/c1-3-4-9-12-10-7-5-6-8-11(10)13-2/h10-12H,5-9H2,1-2H3. The van der Waals surface area contributed by atoms with Gasteiger partial charge in [0.25, 0.3) is 0 Å². The minimum atomic E-state index is 0.699. The monoisotopic (exact) mass is 197 g/mol. The fourth-order valence-corrected chi connectivity index (χ4v) is 2.85. The van der Waals surface area contributed by atoms with E-state index in [2.05, 4.69) is 23.4 Å². The van der Waals surface area contributed by atoms with Gasteiger partial charge in [-0.05, 0) is 26.0 Å². The topological polar surface area (TPSA) is 12.0 Å². The highest BCUT2D eigenvalue weighted by Crippen LogP contribution is 2.26. The largest absolute Gasteiger partial charge is 0.302 e. The van der Waals surface area contributed by atoms with E-state index >= 15 is 0 Å². The molecule has 13 heavy (non-hydrogen) atoms. The van der Waals surface area contributed by atoms with E-state index in [-0.39, 0.29) is 0 Å². The van der Waals surface area contributed by atoms with Crippen molar-refractivity contribution in [1.29, 1.82) is 0 Å². The van der Waals surface area contributed by atoms with Gasteiger partial charge in [0.05, 0.1) is 6.54 Å². The van der Waals surface area contributed by atoms with Crippen LogP contribution in [-0.2, 0) is 0 Å². The van der Waals surface area contributed by atoms with Gasteiger partial charge in [0.2, 0.25) is 0 Å². The third-order valence-electron chi connectivity index (χ3n) is 2.63. The Hall–Kier alpha value is -0.130. The molecule has 1 aliphatic carbocycles. The van der Waals surface area contributed by atoms with Crippen molar-refractivity contribution in [3.63, 3.8) is 0 Å². The molecule has 1 rings (SSSR count). The molecule has 74 valence electrons. The van der Waals surface area contributed by atoms with Crippen molar-refractivity contribution >= 4 is 11.8 Å². The average molecular weight is 197 g/mol. The van der Waals surface area contributed by atoms with E-state index in [1.54, 1.807) is 0 Å². The zero-order valence-corrected chi connectivity index (χ0v) is 9.41. The molecule has 2 atom stereocenters. The molecule has 2 heteroatoms. The Morgan fingerprint density at radius 3 is 2.85 bits per heavy atom. The second-order valence-corrected chi connectivity index (χ2v) is 4.55. The van der Waals surface area contributed by atoms with E-state index in [9.17, 15) is 0 Å². The van der Waals surface area contributed by atoms with Gasteiger partial charge < -0.3 is 5.32 Å². The van der Waals surface area contributed by atoms with E-state index in [0.29, 0.717) is 6.04 Å². The van der Waals surface area contributed by atoms with Crippen molar-refractivity contribution in [3.05, 3.63) is 0 Å². The second-order valence-electron chi connectivity index (χ2n) is 3.47. The van der Waals surface area contributed by atoms with Crippen molar-refractivity contribution in [1.82, 2.24) is 5.32 Å². The zero-order valence-electron chi connectivity index (χ0n) is 8.60. The van der Waals surface area contributed by atoms with Gasteiger partial charge in [0.15, 0.2) is 0 Å². The number of hydrogen-bond acceptors (Lipinski definition) is 2. The summed E-state index contributed by atoms with van der Waals surface area (Å²) in [5.41, 5.74) is 0. The Bertz CT molecular complexity index is 192. The molecule has 0 aromatic heterocycles. The van der Waals surface area contributed by atoms with Crippen molar-refractivity contribution in [2.75, 3.05) is 12.8 Å². The summed E-state index contributed by atoms with van der Waals surface area (Å²) < 4.78 is 0. The number of rotatable bonds is 3. The van der Waals surface area contributed by atoms with Crippen LogP contribution in [0.15, 0.2) is 0 Å². The Balaban J connectivity index is 2.30. The predicted octanol–water partition coefficient (Wildman–Crippen LogP) is 2.27. The van der Waals surface area contributed by atoms with Crippen LogP contribution in [0.5, 0.6) is 0 Å². The lowest BCUT2D eigenvalue weighted by Crippen LogP contribution is -2.40. The van der Waals surface area contributed by atoms with Gasteiger partial charge in [0.1, 0.15) is 0 Å². The van der Waals surface area contributed by atoms with Crippen LogP contribution in [0.25, 0.3) is 0 Å². The van der Waals surface area contributed by atoms with Gasteiger partial charge in [0, 0.05) is 11.3 Å². The Morgan fingerprint density at radius 1 is 1.38 bits per heavy atom. The molecule has 0 radical (unpaired) electrons. The first-order chi connectivity index (χ1) is 6.38. The minimum Gasteiger partial charge on any atom is -0.302 e. The van der Waals surface area contributed by atoms with Crippen molar-refractivity contribution in [2.24, 2.45) is 0 Å². The highest BCUT2D eigenvalue weighted by molar-refractivity contribution is 7.99.